The molecule has 0 spiro atoms. The summed E-state index contributed by atoms with van der Waals surface area (Å²) < 4.78 is 10.9. The Kier molecular flexibility index (Phi) is 4.10. The maximum atomic E-state index is 11.5. The molecule has 3 nitrogen and oxygen atoms in total. The first kappa shape index (κ1) is 14.9. The molecule has 2 aromatic carbocycles. The van der Waals surface area contributed by atoms with Gasteiger partial charge in [-0.25, -0.2) is 4.79 Å². The van der Waals surface area contributed by atoms with Gasteiger partial charge in [-0.2, -0.15) is 0 Å². The molecule has 0 bridgehead atoms. The van der Waals surface area contributed by atoms with Crippen molar-refractivity contribution in [3.8, 4) is 5.75 Å². The average molecular weight is 335 g/mol. The molecule has 112 valence electrons. The molecule has 0 radical (unpaired) electrons. The highest BCUT2D eigenvalue weighted by Crippen LogP contribution is 2.32. The van der Waals surface area contributed by atoms with E-state index >= 15 is 0 Å². The van der Waals surface area contributed by atoms with E-state index in [1.165, 1.54) is 6.07 Å². The van der Waals surface area contributed by atoms with Gasteiger partial charge in [-0.05, 0) is 24.6 Å². The van der Waals surface area contributed by atoms with Gasteiger partial charge < -0.3 is 9.15 Å². The molecule has 1 heterocycles. The summed E-state index contributed by atoms with van der Waals surface area (Å²) in [6.45, 7) is 2.11. The molecule has 22 heavy (non-hydrogen) atoms. The maximum absolute atomic E-state index is 11.5. The maximum Gasteiger partial charge on any atom is 0.336 e. The lowest BCUT2D eigenvalue weighted by molar-refractivity contribution is 0.306. The van der Waals surface area contributed by atoms with Crippen LogP contribution in [-0.4, -0.2) is 0 Å². The van der Waals surface area contributed by atoms with Gasteiger partial charge in [-0.15, -0.1) is 0 Å². The molecule has 1 aromatic heterocycles. The van der Waals surface area contributed by atoms with Crippen molar-refractivity contribution in [2.45, 2.75) is 13.5 Å². The number of hydrogen-bond donors (Lipinski definition) is 0. The molecule has 0 fully saturated rings. The van der Waals surface area contributed by atoms with Crippen molar-refractivity contribution in [1.29, 1.82) is 0 Å². The van der Waals surface area contributed by atoms with E-state index in [0.29, 0.717) is 21.4 Å². The molecule has 0 aliphatic heterocycles. The molecule has 0 saturated carbocycles. The molecular weight excluding hydrogens is 323 g/mol. The van der Waals surface area contributed by atoms with Crippen LogP contribution in [0.25, 0.3) is 11.0 Å². The number of ether oxygens (including phenoxy) is 1. The SMILES string of the molecule is Cc1cc(=O)oc2cc(OCc3ccccc3Cl)c(Cl)cc12. The summed E-state index contributed by atoms with van der Waals surface area (Å²) in [5.74, 6) is 0.447. The van der Waals surface area contributed by atoms with E-state index in [0.717, 1.165) is 16.5 Å². The minimum Gasteiger partial charge on any atom is -0.487 e. The Morgan fingerprint density at radius 3 is 2.64 bits per heavy atom. The van der Waals surface area contributed by atoms with Crippen LogP contribution in [-0.2, 0) is 6.61 Å². The first-order valence-corrected chi connectivity index (χ1v) is 7.40. The standard InChI is InChI=1S/C17H12Cl2O3/c1-10-6-17(20)22-15-8-16(14(19)7-12(10)15)21-9-11-4-2-3-5-13(11)18/h2-8H,9H2,1H3. The molecule has 0 aliphatic carbocycles. The lowest BCUT2D eigenvalue weighted by Crippen LogP contribution is -2.00. The first-order valence-electron chi connectivity index (χ1n) is 6.65. The lowest BCUT2D eigenvalue weighted by Gasteiger charge is -2.10. The Labute approximate surface area is 137 Å². The number of hydrogen-bond acceptors (Lipinski definition) is 3. The van der Waals surface area contributed by atoms with Gasteiger partial charge in [-0.3, -0.25) is 0 Å². The van der Waals surface area contributed by atoms with Gasteiger partial charge in [0.15, 0.2) is 0 Å². The highest BCUT2D eigenvalue weighted by Gasteiger charge is 2.10. The third-order valence-corrected chi connectivity index (χ3v) is 4.01. The number of fused-ring (bicyclic) bond motifs is 1. The summed E-state index contributed by atoms with van der Waals surface area (Å²) in [5, 5.41) is 1.87. The average Bonchev–Trinajstić information content (AvgIpc) is 2.47. The van der Waals surface area contributed by atoms with Crippen LogP contribution in [0.15, 0.2) is 51.7 Å². The molecular formula is C17H12Cl2O3. The van der Waals surface area contributed by atoms with E-state index in [4.69, 9.17) is 32.4 Å². The summed E-state index contributed by atoms with van der Waals surface area (Å²) in [6, 6.07) is 12.2. The van der Waals surface area contributed by atoms with Gasteiger partial charge in [-0.1, -0.05) is 41.4 Å². The van der Waals surface area contributed by atoms with Crippen molar-refractivity contribution in [1.82, 2.24) is 0 Å². The van der Waals surface area contributed by atoms with E-state index < -0.39 is 5.63 Å². The van der Waals surface area contributed by atoms with E-state index in [2.05, 4.69) is 0 Å². The van der Waals surface area contributed by atoms with Crippen molar-refractivity contribution < 1.29 is 9.15 Å². The third-order valence-electron chi connectivity index (χ3n) is 3.34. The minimum absolute atomic E-state index is 0.279. The van der Waals surface area contributed by atoms with E-state index in [1.54, 1.807) is 18.2 Å². The molecule has 3 aromatic rings. The molecule has 0 N–H and O–H groups in total. The second-order valence-corrected chi connectivity index (χ2v) is 5.72. The molecule has 3 rings (SSSR count). The van der Waals surface area contributed by atoms with Crippen LogP contribution < -0.4 is 10.4 Å². The van der Waals surface area contributed by atoms with Crippen LogP contribution in [0.2, 0.25) is 10.0 Å². The summed E-state index contributed by atoms with van der Waals surface area (Å²) in [6.07, 6.45) is 0. The van der Waals surface area contributed by atoms with Crippen molar-refractivity contribution in [2.75, 3.05) is 0 Å². The van der Waals surface area contributed by atoms with E-state index in [9.17, 15) is 4.79 Å². The highest BCUT2D eigenvalue weighted by molar-refractivity contribution is 6.33. The largest absolute Gasteiger partial charge is 0.487 e. The predicted octanol–water partition coefficient (Wildman–Crippen LogP) is 4.99. The molecule has 0 aliphatic rings. The fraction of sp³-hybridized carbons (Fsp3) is 0.118. The molecule has 5 heteroatoms. The van der Waals surface area contributed by atoms with Crippen LogP contribution in [0.5, 0.6) is 5.75 Å². The molecule has 0 amide bonds. The zero-order valence-electron chi connectivity index (χ0n) is 11.7. The lowest BCUT2D eigenvalue weighted by atomic mass is 10.1. The van der Waals surface area contributed by atoms with Gasteiger partial charge >= 0.3 is 5.63 Å². The van der Waals surface area contributed by atoms with Crippen molar-refractivity contribution in [2.24, 2.45) is 0 Å². The van der Waals surface area contributed by atoms with Crippen molar-refractivity contribution >= 4 is 34.2 Å². The normalized spacial score (nSPS) is 10.9. The number of halogens is 2. The number of aryl methyl sites for hydroxylation is 1. The van der Waals surface area contributed by atoms with Crippen LogP contribution in [0.1, 0.15) is 11.1 Å². The fourth-order valence-electron chi connectivity index (χ4n) is 2.20. The highest BCUT2D eigenvalue weighted by atomic mass is 35.5. The van der Waals surface area contributed by atoms with E-state index in [-0.39, 0.29) is 6.61 Å². The summed E-state index contributed by atoms with van der Waals surface area (Å²) >= 11 is 12.3. The van der Waals surface area contributed by atoms with Gasteiger partial charge in [0.05, 0.1) is 5.02 Å². The number of rotatable bonds is 3. The van der Waals surface area contributed by atoms with Gasteiger partial charge in [0.2, 0.25) is 0 Å². The smallest absolute Gasteiger partial charge is 0.336 e. The Morgan fingerprint density at radius 1 is 1.09 bits per heavy atom. The van der Waals surface area contributed by atoms with Crippen LogP contribution in [0.3, 0.4) is 0 Å². The quantitative estimate of drug-likeness (QED) is 0.633. The van der Waals surface area contributed by atoms with Crippen LogP contribution in [0, 0.1) is 6.92 Å². The molecule has 0 saturated heterocycles. The Hall–Kier alpha value is -1.97. The van der Waals surface area contributed by atoms with E-state index in [1.807, 2.05) is 25.1 Å². The minimum atomic E-state index is -0.399. The Bertz CT molecular complexity index is 900. The Morgan fingerprint density at radius 2 is 1.86 bits per heavy atom. The number of benzene rings is 2. The third kappa shape index (κ3) is 2.96. The van der Waals surface area contributed by atoms with Crippen molar-refractivity contribution in [3.63, 3.8) is 0 Å². The fourth-order valence-corrected chi connectivity index (χ4v) is 2.61. The second kappa shape index (κ2) is 6.03. The van der Waals surface area contributed by atoms with Crippen molar-refractivity contribution in [3.05, 3.63) is 74.1 Å². The summed E-state index contributed by atoms with van der Waals surface area (Å²) in [7, 11) is 0. The molecule has 0 atom stereocenters. The molecule has 0 unspecified atom stereocenters. The first-order chi connectivity index (χ1) is 10.5. The monoisotopic (exact) mass is 334 g/mol. The van der Waals surface area contributed by atoms with Gasteiger partial charge in [0, 0.05) is 28.1 Å². The Balaban J connectivity index is 1.96. The summed E-state index contributed by atoms with van der Waals surface area (Å²) in [4.78, 5) is 11.5. The van der Waals surface area contributed by atoms with Gasteiger partial charge in [0.25, 0.3) is 0 Å². The summed E-state index contributed by atoms with van der Waals surface area (Å²) in [5.41, 5.74) is 1.71. The topological polar surface area (TPSA) is 39.4 Å². The van der Waals surface area contributed by atoms with Crippen LogP contribution >= 0.6 is 23.2 Å². The second-order valence-electron chi connectivity index (χ2n) is 4.91. The predicted molar refractivity (Wildman–Crippen MR) is 88.0 cm³/mol. The zero-order chi connectivity index (χ0) is 15.7. The zero-order valence-corrected chi connectivity index (χ0v) is 13.2. The van der Waals surface area contributed by atoms with Crippen LogP contribution in [0.4, 0.5) is 0 Å². The van der Waals surface area contributed by atoms with Gasteiger partial charge in [0.1, 0.15) is 17.9 Å².